The van der Waals surface area contributed by atoms with Gasteiger partial charge in [0.15, 0.2) is 5.16 Å². The van der Waals surface area contributed by atoms with E-state index in [2.05, 4.69) is 20.4 Å². The third-order valence-corrected chi connectivity index (χ3v) is 5.15. The number of benzene rings is 1. The van der Waals surface area contributed by atoms with Crippen molar-refractivity contribution in [3.63, 3.8) is 0 Å². The SMILES string of the molecule is CCC1(C)NC(=O)N(/N=C/c2ccc(Sc3ncccn3)c([N+](=O)[O-])c2)C1=O. The van der Waals surface area contributed by atoms with Crippen molar-refractivity contribution >= 4 is 35.6 Å². The van der Waals surface area contributed by atoms with Crippen LogP contribution < -0.4 is 5.32 Å². The van der Waals surface area contributed by atoms with Crippen molar-refractivity contribution in [3.05, 3.63) is 52.3 Å². The first-order valence-electron chi connectivity index (χ1n) is 8.28. The molecular formula is C17H16N6O4S. The Hall–Kier alpha value is -3.34. The molecule has 1 atom stereocenters. The summed E-state index contributed by atoms with van der Waals surface area (Å²) in [6.45, 7) is 3.40. The molecule has 144 valence electrons. The van der Waals surface area contributed by atoms with E-state index in [0.29, 0.717) is 22.0 Å². The number of carbonyl (C=O) groups excluding carboxylic acids is 2. The number of carbonyl (C=O) groups is 2. The molecule has 28 heavy (non-hydrogen) atoms. The van der Waals surface area contributed by atoms with Gasteiger partial charge in [0.05, 0.1) is 16.0 Å². The summed E-state index contributed by atoms with van der Waals surface area (Å²) in [5.41, 5.74) is -0.788. The number of hydrazone groups is 1. The van der Waals surface area contributed by atoms with E-state index in [-0.39, 0.29) is 5.69 Å². The summed E-state index contributed by atoms with van der Waals surface area (Å²) in [5, 5.41) is 19.0. The Morgan fingerprint density at radius 1 is 1.36 bits per heavy atom. The number of aromatic nitrogens is 2. The third kappa shape index (κ3) is 3.83. The maximum absolute atomic E-state index is 12.3. The summed E-state index contributed by atoms with van der Waals surface area (Å²) < 4.78 is 0. The van der Waals surface area contributed by atoms with Crippen LogP contribution in [0.5, 0.6) is 0 Å². The predicted octanol–water partition coefficient (Wildman–Crippen LogP) is 2.59. The second-order valence-electron chi connectivity index (χ2n) is 6.10. The van der Waals surface area contributed by atoms with Crippen LogP contribution in [-0.2, 0) is 4.79 Å². The van der Waals surface area contributed by atoms with Gasteiger partial charge in [-0.3, -0.25) is 14.9 Å². The van der Waals surface area contributed by atoms with Gasteiger partial charge in [0.2, 0.25) is 0 Å². The van der Waals surface area contributed by atoms with Crippen LogP contribution in [0.25, 0.3) is 0 Å². The van der Waals surface area contributed by atoms with Gasteiger partial charge in [-0.15, -0.1) is 5.01 Å². The first kappa shape index (κ1) is 19.4. The number of rotatable bonds is 6. The quantitative estimate of drug-likeness (QED) is 0.259. The molecule has 0 spiro atoms. The lowest BCUT2D eigenvalue weighted by Crippen LogP contribution is -2.42. The first-order valence-corrected chi connectivity index (χ1v) is 9.09. The van der Waals surface area contributed by atoms with E-state index < -0.39 is 22.4 Å². The fraction of sp³-hybridized carbons (Fsp3) is 0.235. The van der Waals surface area contributed by atoms with Crippen molar-refractivity contribution in [1.82, 2.24) is 20.3 Å². The molecule has 0 saturated carbocycles. The maximum Gasteiger partial charge on any atom is 0.346 e. The number of hydrogen-bond donors (Lipinski definition) is 1. The number of urea groups is 1. The molecule has 0 bridgehead atoms. The predicted molar refractivity (Wildman–Crippen MR) is 101 cm³/mol. The van der Waals surface area contributed by atoms with Crippen molar-refractivity contribution in [2.24, 2.45) is 5.10 Å². The fourth-order valence-electron chi connectivity index (χ4n) is 2.42. The zero-order chi connectivity index (χ0) is 20.3. The van der Waals surface area contributed by atoms with E-state index in [1.807, 2.05) is 0 Å². The average Bonchev–Trinajstić information content (AvgIpc) is 2.90. The number of nitro groups is 1. The Balaban J connectivity index is 1.84. The second-order valence-corrected chi connectivity index (χ2v) is 7.10. The molecule has 11 heteroatoms. The Morgan fingerprint density at radius 3 is 2.68 bits per heavy atom. The minimum absolute atomic E-state index is 0.156. The summed E-state index contributed by atoms with van der Waals surface area (Å²) in [6.07, 6.45) is 4.75. The molecule has 1 saturated heterocycles. The highest BCUT2D eigenvalue weighted by atomic mass is 32.2. The van der Waals surface area contributed by atoms with Crippen LogP contribution >= 0.6 is 11.8 Å². The molecule has 1 N–H and O–H groups in total. The maximum atomic E-state index is 12.3. The fourth-order valence-corrected chi connectivity index (χ4v) is 3.22. The van der Waals surface area contributed by atoms with Gasteiger partial charge >= 0.3 is 6.03 Å². The summed E-state index contributed by atoms with van der Waals surface area (Å²) in [4.78, 5) is 43.6. The van der Waals surface area contributed by atoms with Gasteiger partial charge in [-0.1, -0.05) is 13.0 Å². The van der Waals surface area contributed by atoms with Crippen molar-refractivity contribution in [2.75, 3.05) is 0 Å². The van der Waals surface area contributed by atoms with E-state index in [1.54, 1.807) is 44.4 Å². The zero-order valence-corrected chi connectivity index (χ0v) is 15.8. The number of hydrogen-bond acceptors (Lipinski definition) is 8. The van der Waals surface area contributed by atoms with Crippen molar-refractivity contribution < 1.29 is 14.5 Å². The Labute approximate surface area is 164 Å². The summed E-state index contributed by atoms with van der Waals surface area (Å²) in [6, 6.07) is 5.47. The van der Waals surface area contributed by atoms with Crippen molar-refractivity contribution in [3.8, 4) is 0 Å². The lowest BCUT2D eigenvalue weighted by molar-refractivity contribution is -0.387. The molecule has 2 aromatic rings. The summed E-state index contributed by atoms with van der Waals surface area (Å²) in [7, 11) is 0. The molecule has 10 nitrogen and oxygen atoms in total. The smallest absolute Gasteiger partial charge is 0.322 e. The van der Waals surface area contributed by atoms with Gasteiger partial charge < -0.3 is 5.32 Å². The monoisotopic (exact) mass is 400 g/mol. The topological polar surface area (TPSA) is 131 Å². The molecule has 3 amide bonds. The van der Waals surface area contributed by atoms with Crippen LogP contribution in [0.2, 0.25) is 0 Å². The van der Waals surface area contributed by atoms with E-state index in [9.17, 15) is 19.7 Å². The van der Waals surface area contributed by atoms with Crippen LogP contribution in [0.4, 0.5) is 10.5 Å². The van der Waals surface area contributed by atoms with Crippen LogP contribution in [0, 0.1) is 10.1 Å². The highest BCUT2D eigenvalue weighted by molar-refractivity contribution is 7.99. The summed E-state index contributed by atoms with van der Waals surface area (Å²) >= 11 is 1.06. The number of amides is 3. The van der Waals surface area contributed by atoms with Crippen LogP contribution in [0.15, 0.2) is 51.8 Å². The van der Waals surface area contributed by atoms with Crippen molar-refractivity contribution in [1.29, 1.82) is 0 Å². The third-order valence-electron chi connectivity index (χ3n) is 4.19. The van der Waals surface area contributed by atoms with Gasteiger partial charge in [0.25, 0.3) is 11.6 Å². The molecule has 0 aliphatic carbocycles. The summed E-state index contributed by atoms with van der Waals surface area (Å²) in [5.74, 6) is -0.473. The molecule has 0 radical (unpaired) electrons. The van der Waals surface area contributed by atoms with E-state index >= 15 is 0 Å². The highest BCUT2D eigenvalue weighted by Crippen LogP contribution is 2.33. The molecular weight excluding hydrogens is 384 g/mol. The zero-order valence-electron chi connectivity index (χ0n) is 15.0. The minimum Gasteiger partial charge on any atom is -0.322 e. The normalized spacial score (nSPS) is 19.3. The van der Waals surface area contributed by atoms with Gasteiger partial charge in [0, 0.05) is 24.0 Å². The molecule has 1 aliphatic heterocycles. The van der Waals surface area contributed by atoms with Crippen molar-refractivity contribution in [2.45, 2.75) is 35.9 Å². The lowest BCUT2D eigenvalue weighted by Gasteiger charge is -2.17. The molecule has 1 aromatic heterocycles. The number of imide groups is 1. The number of nitrogens with zero attached hydrogens (tertiary/aromatic N) is 5. The molecule has 1 unspecified atom stereocenters. The van der Waals surface area contributed by atoms with Crippen LogP contribution in [0.3, 0.4) is 0 Å². The Morgan fingerprint density at radius 2 is 2.07 bits per heavy atom. The minimum atomic E-state index is -1.00. The molecule has 2 heterocycles. The van der Waals surface area contributed by atoms with Gasteiger partial charge in [-0.25, -0.2) is 14.8 Å². The Kier molecular flexibility index (Phi) is 5.36. The second kappa shape index (κ2) is 7.72. The van der Waals surface area contributed by atoms with Crippen LogP contribution in [-0.4, -0.2) is 43.6 Å². The molecule has 3 rings (SSSR count). The number of nitrogens with one attached hydrogen (secondary N) is 1. The lowest BCUT2D eigenvalue weighted by atomic mass is 10.00. The van der Waals surface area contributed by atoms with Gasteiger partial charge in [0.1, 0.15) is 5.54 Å². The van der Waals surface area contributed by atoms with E-state index in [1.165, 1.54) is 12.3 Å². The average molecular weight is 400 g/mol. The number of nitro benzene ring substituents is 1. The van der Waals surface area contributed by atoms with E-state index in [0.717, 1.165) is 16.8 Å². The molecule has 1 aliphatic rings. The largest absolute Gasteiger partial charge is 0.346 e. The molecule has 1 aromatic carbocycles. The highest BCUT2D eigenvalue weighted by Gasteiger charge is 2.46. The van der Waals surface area contributed by atoms with Crippen LogP contribution in [0.1, 0.15) is 25.8 Å². The van der Waals surface area contributed by atoms with Gasteiger partial charge in [-0.2, -0.15) is 5.10 Å². The Bertz CT molecular complexity index is 967. The van der Waals surface area contributed by atoms with Gasteiger partial charge in [-0.05, 0) is 37.2 Å². The van der Waals surface area contributed by atoms with E-state index in [4.69, 9.17) is 0 Å². The molecule has 1 fully saturated rings. The first-order chi connectivity index (χ1) is 13.3. The standard InChI is InChI=1S/C17H16N6O4S/c1-3-17(2)14(24)22(16(25)21-17)20-10-11-5-6-13(12(9-11)23(26)27)28-15-18-7-4-8-19-15/h4-10H,3H2,1-2H3,(H,21,25)/b20-10+.